The highest BCUT2D eigenvalue weighted by atomic mass is 19.4. The van der Waals surface area contributed by atoms with E-state index in [4.69, 9.17) is 15.6 Å². The average Bonchev–Trinajstić information content (AvgIpc) is 3.59. The summed E-state index contributed by atoms with van der Waals surface area (Å²) in [6.07, 6.45) is 4.92. The third-order valence-corrected chi connectivity index (χ3v) is 5.79. The quantitative estimate of drug-likeness (QED) is 0.266. The van der Waals surface area contributed by atoms with Crippen molar-refractivity contribution in [1.82, 2.24) is 29.4 Å². The Bertz CT molecular complexity index is 1800. The minimum Gasteiger partial charge on any atom is -0.494 e. The van der Waals surface area contributed by atoms with Gasteiger partial charge in [-0.3, -0.25) is 9.48 Å². The molecule has 12 heteroatoms. The summed E-state index contributed by atoms with van der Waals surface area (Å²) in [7, 11) is 3.06. The molecule has 0 spiro atoms. The van der Waals surface area contributed by atoms with Crippen LogP contribution in [0.1, 0.15) is 17.1 Å². The molecule has 38 heavy (non-hydrogen) atoms. The first-order chi connectivity index (χ1) is 18.1. The van der Waals surface area contributed by atoms with Crippen molar-refractivity contribution in [2.75, 3.05) is 7.11 Å². The smallest absolute Gasteiger partial charge is 0.435 e. The molecule has 5 rings (SSSR count). The standard InChI is InChI=1S/C26H19F3N6O3/c1-5-9-17(37-4)20-14(2)38-24(32-20)19-21(16-12-30-34(3)13-16)31-23-18(15-10-7-6-8-11-15)22(26(27,28)29)33-35(23)25(19)36/h1,6-13,31H,2-4H3/b17-9+. The molecular weight excluding hydrogens is 501 g/mol. The number of hydrogen-bond donors (Lipinski definition) is 1. The van der Waals surface area contributed by atoms with Gasteiger partial charge in [-0.15, -0.1) is 6.42 Å². The Kier molecular flexibility index (Phi) is 5.91. The summed E-state index contributed by atoms with van der Waals surface area (Å²) < 4.78 is 55.7. The van der Waals surface area contributed by atoms with Gasteiger partial charge in [-0.25, -0.2) is 4.98 Å². The number of alkyl halides is 3. The molecule has 0 amide bonds. The zero-order chi connectivity index (χ0) is 27.2. The molecule has 1 N–H and O–H groups in total. The first-order valence-corrected chi connectivity index (χ1v) is 11.1. The highest BCUT2D eigenvalue weighted by Gasteiger charge is 2.40. The number of aromatic nitrogens is 6. The van der Waals surface area contributed by atoms with Gasteiger partial charge >= 0.3 is 6.18 Å². The van der Waals surface area contributed by atoms with Crippen molar-refractivity contribution >= 4 is 11.4 Å². The summed E-state index contributed by atoms with van der Waals surface area (Å²) in [6.45, 7) is 1.59. The largest absolute Gasteiger partial charge is 0.494 e. The van der Waals surface area contributed by atoms with Crippen molar-refractivity contribution < 1.29 is 22.3 Å². The molecule has 0 saturated heterocycles. The highest BCUT2D eigenvalue weighted by molar-refractivity contribution is 5.85. The number of nitrogens with one attached hydrogen (secondary N) is 1. The molecule has 0 fully saturated rings. The number of allylic oxidation sites excluding steroid dienone is 1. The molecule has 4 aromatic heterocycles. The number of nitrogens with zero attached hydrogens (tertiary/aromatic N) is 5. The Labute approximate surface area is 213 Å². The number of terminal acetylenes is 1. The van der Waals surface area contributed by atoms with E-state index in [1.54, 1.807) is 38.4 Å². The van der Waals surface area contributed by atoms with E-state index in [0.717, 1.165) is 0 Å². The number of methoxy groups -OCH3 is 1. The second-order valence-electron chi connectivity index (χ2n) is 8.23. The third kappa shape index (κ3) is 4.03. The molecule has 0 aliphatic carbocycles. The molecule has 0 unspecified atom stereocenters. The number of halogens is 3. The first kappa shape index (κ1) is 24.6. The van der Waals surface area contributed by atoms with E-state index in [1.165, 1.54) is 36.2 Å². The molecule has 192 valence electrons. The summed E-state index contributed by atoms with van der Waals surface area (Å²) in [6, 6.07) is 7.89. The number of hydrogen-bond acceptors (Lipinski definition) is 6. The fourth-order valence-electron chi connectivity index (χ4n) is 4.15. The van der Waals surface area contributed by atoms with Crippen LogP contribution in [0.2, 0.25) is 0 Å². The van der Waals surface area contributed by atoms with Crippen molar-refractivity contribution in [3.8, 4) is 46.2 Å². The molecular formula is C26H19F3N6O3. The van der Waals surface area contributed by atoms with Crippen LogP contribution in [0.25, 0.3) is 45.2 Å². The number of aryl methyl sites for hydroxylation is 2. The molecule has 4 heterocycles. The minimum absolute atomic E-state index is 0.146. The monoisotopic (exact) mass is 520 g/mol. The number of aromatic amines is 1. The number of ether oxygens (including phenoxy) is 1. The Morgan fingerprint density at radius 1 is 1.21 bits per heavy atom. The topological polar surface area (TPSA) is 103 Å². The maximum Gasteiger partial charge on any atom is 0.435 e. The van der Waals surface area contributed by atoms with E-state index in [0.29, 0.717) is 10.1 Å². The Morgan fingerprint density at radius 3 is 2.55 bits per heavy atom. The van der Waals surface area contributed by atoms with Crippen molar-refractivity contribution in [2.24, 2.45) is 7.05 Å². The van der Waals surface area contributed by atoms with Gasteiger partial charge in [-0.2, -0.15) is 27.9 Å². The van der Waals surface area contributed by atoms with Gasteiger partial charge in [0.25, 0.3) is 5.56 Å². The molecule has 0 aliphatic heterocycles. The fraction of sp³-hybridized carbons (Fsp3) is 0.154. The molecule has 9 nitrogen and oxygen atoms in total. The van der Waals surface area contributed by atoms with E-state index in [-0.39, 0.29) is 51.1 Å². The lowest BCUT2D eigenvalue weighted by Crippen LogP contribution is -2.19. The van der Waals surface area contributed by atoms with Crippen molar-refractivity contribution in [2.45, 2.75) is 13.1 Å². The third-order valence-electron chi connectivity index (χ3n) is 5.79. The average molecular weight is 520 g/mol. The van der Waals surface area contributed by atoms with Crippen LogP contribution in [-0.4, -0.2) is 36.5 Å². The molecule has 0 radical (unpaired) electrons. The molecule has 5 aromatic rings. The van der Waals surface area contributed by atoms with Crippen molar-refractivity contribution in [3.63, 3.8) is 0 Å². The van der Waals surface area contributed by atoms with E-state index >= 15 is 0 Å². The van der Waals surface area contributed by atoms with Crippen LogP contribution >= 0.6 is 0 Å². The predicted molar refractivity (Wildman–Crippen MR) is 133 cm³/mol. The Balaban J connectivity index is 1.89. The summed E-state index contributed by atoms with van der Waals surface area (Å²) in [5.74, 6) is 2.67. The highest BCUT2D eigenvalue weighted by Crippen LogP contribution is 2.39. The van der Waals surface area contributed by atoms with E-state index in [2.05, 4.69) is 26.1 Å². The van der Waals surface area contributed by atoms with E-state index < -0.39 is 17.4 Å². The zero-order valence-electron chi connectivity index (χ0n) is 20.3. The van der Waals surface area contributed by atoms with Crippen LogP contribution in [0.4, 0.5) is 13.2 Å². The summed E-state index contributed by atoms with van der Waals surface area (Å²) in [5.41, 5.74) is -1.63. The van der Waals surface area contributed by atoms with Gasteiger partial charge in [0, 0.05) is 24.9 Å². The Hall–Kier alpha value is -5.05. The lowest BCUT2D eigenvalue weighted by atomic mass is 10.0. The number of fused-ring (bicyclic) bond motifs is 1. The van der Waals surface area contributed by atoms with Crippen molar-refractivity contribution in [3.05, 3.63) is 76.3 Å². The van der Waals surface area contributed by atoms with Gasteiger partial charge in [-0.05, 0) is 12.5 Å². The SMILES string of the molecule is C#C/C=C(/OC)c1nc(-c2c(-c3cnn(C)c3)[nH]c3c(-c4ccccc4)c(C(F)(F)F)nn3c2=O)oc1C. The lowest BCUT2D eigenvalue weighted by Gasteiger charge is -2.08. The molecule has 0 atom stereocenters. The van der Waals surface area contributed by atoms with E-state index in [9.17, 15) is 18.0 Å². The summed E-state index contributed by atoms with van der Waals surface area (Å²) in [4.78, 5) is 21.2. The van der Waals surface area contributed by atoms with Gasteiger partial charge in [0.05, 0.1) is 24.6 Å². The Morgan fingerprint density at radius 2 is 1.95 bits per heavy atom. The molecule has 0 saturated carbocycles. The second-order valence-corrected chi connectivity index (χ2v) is 8.23. The molecule has 0 aliphatic rings. The van der Waals surface area contributed by atoms with Gasteiger partial charge < -0.3 is 14.1 Å². The van der Waals surface area contributed by atoms with Crippen LogP contribution < -0.4 is 5.56 Å². The van der Waals surface area contributed by atoms with Crippen LogP contribution in [0.5, 0.6) is 0 Å². The molecule has 1 aromatic carbocycles. The van der Waals surface area contributed by atoms with Crippen LogP contribution in [-0.2, 0) is 18.0 Å². The molecule has 0 bridgehead atoms. The number of rotatable bonds is 5. The van der Waals surface area contributed by atoms with Gasteiger partial charge in [0.2, 0.25) is 5.89 Å². The summed E-state index contributed by atoms with van der Waals surface area (Å²) in [5, 5.41) is 7.83. The lowest BCUT2D eigenvalue weighted by molar-refractivity contribution is -0.140. The minimum atomic E-state index is -4.84. The normalized spacial score (nSPS) is 12.2. The van der Waals surface area contributed by atoms with Crippen LogP contribution in [0, 0.1) is 19.3 Å². The predicted octanol–water partition coefficient (Wildman–Crippen LogP) is 4.69. The number of benzene rings is 1. The van der Waals surface area contributed by atoms with Gasteiger partial charge in [0.1, 0.15) is 22.7 Å². The maximum absolute atomic E-state index is 14.1. The zero-order valence-corrected chi connectivity index (χ0v) is 20.3. The van der Waals surface area contributed by atoms with E-state index in [1.807, 2.05) is 0 Å². The second kappa shape index (κ2) is 9.11. The fourth-order valence-corrected chi connectivity index (χ4v) is 4.15. The van der Waals surface area contributed by atoms with Crippen LogP contribution in [0.15, 0.2) is 58.0 Å². The van der Waals surface area contributed by atoms with Crippen molar-refractivity contribution in [1.29, 1.82) is 0 Å². The maximum atomic E-state index is 14.1. The number of H-pyrrole nitrogens is 1. The van der Waals surface area contributed by atoms with Crippen LogP contribution in [0.3, 0.4) is 0 Å². The number of oxazole rings is 1. The first-order valence-electron chi connectivity index (χ1n) is 11.1. The van der Waals surface area contributed by atoms with Gasteiger partial charge in [-0.1, -0.05) is 36.3 Å². The van der Waals surface area contributed by atoms with Gasteiger partial charge in [0.15, 0.2) is 11.5 Å². The summed E-state index contributed by atoms with van der Waals surface area (Å²) >= 11 is 0.